The van der Waals surface area contributed by atoms with Gasteiger partial charge in [0.1, 0.15) is 0 Å². The molecule has 0 aliphatic carbocycles. The minimum atomic E-state index is -0.503. The van der Waals surface area contributed by atoms with Crippen LogP contribution in [0.25, 0.3) is 0 Å². The SMILES string of the molecule is C=CC(C(=O)OCN(C)C=O)c1ccccc1. The van der Waals surface area contributed by atoms with Crippen molar-refractivity contribution >= 4 is 12.4 Å². The zero-order chi connectivity index (χ0) is 12.7. The fraction of sp³-hybridized carbons (Fsp3) is 0.231. The number of ether oxygens (including phenoxy) is 1. The van der Waals surface area contributed by atoms with Crippen LogP contribution in [0.5, 0.6) is 0 Å². The summed E-state index contributed by atoms with van der Waals surface area (Å²) in [4.78, 5) is 23.3. The number of hydrogen-bond acceptors (Lipinski definition) is 3. The number of hydrogen-bond donors (Lipinski definition) is 0. The first kappa shape index (κ1) is 13.0. The van der Waals surface area contributed by atoms with Crippen LogP contribution in [0.2, 0.25) is 0 Å². The Hall–Kier alpha value is -2.10. The minimum Gasteiger partial charge on any atom is -0.443 e. The van der Waals surface area contributed by atoms with Gasteiger partial charge in [-0.3, -0.25) is 9.59 Å². The zero-order valence-electron chi connectivity index (χ0n) is 9.70. The fourth-order valence-electron chi connectivity index (χ4n) is 1.31. The highest BCUT2D eigenvalue weighted by atomic mass is 16.5. The van der Waals surface area contributed by atoms with Crippen LogP contribution in [0.4, 0.5) is 0 Å². The Balaban J connectivity index is 2.65. The van der Waals surface area contributed by atoms with Crippen molar-refractivity contribution < 1.29 is 14.3 Å². The van der Waals surface area contributed by atoms with Gasteiger partial charge in [-0.25, -0.2) is 0 Å². The Labute approximate surface area is 100 Å². The van der Waals surface area contributed by atoms with Gasteiger partial charge in [0.15, 0.2) is 6.73 Å². The molecule has 17 heavy (non-hydrogen) atoms. The van der Waals surface area contributed by atoms with Gasteiger partial charge in [0, 0.05) is 7.05 Å². The zero-order valence-corrected chi connectivity index (χ0v) is 9.70. The highest BCUT2D eigenvalue weighted by Crippen LogP contribution is 2.18. The van der Waals surface area contributed by atoms with Crippen molar-refractivity contribution in [2.24, 2.45) is 0 Å². The van der Waals surface area contributed by atoms with E-state index in [-0.39, 0.29) is 6.73 Å². The van der Waals surface area contributed by atoms with Gasteiger partial charge in [0.25, 0.3) is 0 Å². The van der Waals surface area contributed by atoms with Crippen LogP contribution in [0.3, 0.4) is 0 Å². The van der Waals surface area contributed by atoms with Gasteiger partial charge in [-0.15, -0.1) is 6.58 Å². The second-order valence-corrected chi connectivity index (χ2v) is 3.58. The lowest BCUT2D eigenvalue weighted by atomic mass is 10.00. The maximum Gasteiger partial charge on any atom is 0.319 e. The Morgan fingerprint density at radius 2 is 2.12 bits per heavy atom. The number of carbonyl (C=O) groups is 2. The molecule has 1 aromatic rings. The molecule has 0 fully saturated rings. The predicted molar refractivity (Wildman–Crippen MR) is 64.2 cm³/mol. The first-order valence-corrected chi connectivity index (χ1v) is 5.18. The average molecular weight is 233 g/mol. The second kappa shape index (κ2) is 6.48. The molecule has 90 valence electrons. The lowest BCUT2D eigenvalue weighted by Crippen LogP contribution is -2.24. The second-order valence-electron chi connectivity index (χ2n) is 3.58. The van der Waals surface area contributed by atoms with Gasteiger partial charge in [-0.1, -0.05) is 36.4 Å². The van der Waals surface area contributed by atoms with E-state index in [1.165, 1.54) is 18.0 Å². The number of benzene rings is 1. The largest absolute Gasteiger partial charge is 0.443 e. The smallest absolute Gasteiger partial charge is 0.319 e. The molecule has 1 amide bonds. The molecule has 0 N–H and O–H groups in total. The van der Waals surface area contributed by atoms with Gasteiger partial charge in [-0.2, -0.15) is 0 Å². The monoisotopic (exact) mass is 233 g/mol. The lowest BCUT2D eigenvalue weighted by molar-refractivity contribution is -0.149. The molecule has 1 aromatic carbocycles. The molecule has 0 aromatic heterocycles. The summed E-state index contributed by atoms with van der Waals surface area (Å²) < 4.78 is 4.99. The normalized spacial score (nSPS) is 11.4. The number of rotatable bonds is 6. The predicted octanol–water partition coefficient (Wildman–Crippen LogP) is 1.55. The maximum absolute atomic E-state index is 11.8. The number of carbonyl (C=O) groups excluding carboxylic acids is 2. The fourth-order valence-corrected chi connectivity index (χ4v) is 1.31. The van der Waals surface area contributed by atoms with Crippen LogP contribution < -0.4 is 0 Å². The van der Waals surface area contributed by atoms with Crippen molar-refractivity contribution in [2.75, 3.05) is 13.8 Å². The molecule has 0 heterocycles. The Bertz CT molecular complexity index is 389. The quantitative estimate of drug-likeness (QED) is 0.324. The molecule has 0 spiro atoms. The summed E-state index contributed by atoms with van der Waals surface area (Å²) in [6, 6.07) is 9.22. The first-order valence-electron chi connectivity index (χ1n) is 5.18. The van der Waals surface area contributed by atoms with Gasteiger partial charge in [0.05, 0.1) is 5.92 Å². The van der Waals surface area contributed by atoms with E-state index in [2.05, 4.69) is 6.58 Å². The van der Waals surface area contributed by atoms with Crippen molar-refractivity contribution in [3.8, 4) is 0 Å². The minimum absolute atomic E-state index is 0.0560. The molecular weight excluding hydrogens is 218 g/mol. The Morgan fingerprint density at radius 1 is 1.47 bits per heavy atom. The van der Waals surface area contributed by atoms with Crippen LogP contribution in [0.1, 0.15) is 11.5 Å². The van der Waals surface area contributed by atoms with Gasteiger partial charge in [0.2, 0.25) is 6.41 Å². The molecular formula is C13H15NO3. The molecule has 0 aliphatic heterocycles. The van der Waals surface area contributed by atoms with Gasteiger partial charge < -0.3 is 9.64 Å². The summed E-state index contributed by atoms with van der Waals surface area (Å²) in [7, 11) is 1.53. The van der Waals surface area contributed by atoms with E-state index < -0.39 is 11.9 Å². The highest BCUT2D eigenvalue weighted by Gasteiger charge is 2.18. The van der Waals surface area contributed by atoms with E-state index in [0.717, 1.165) is 5.56 Å². The molecule has 1 rings (SSSR count). The van der Waals surface area contributed by atoms with Crippen molar-refractivity contribution in [3.63, 3.8) is 0 Å². The molecule has 0 saturated heterocycles. The standard InChI is InChI=1S/C13H15NO3/c1-3-12(11-7-5-4-6-8-11)13(16)17-10-14(2)9-15/h3-9,12H,1,10H2,2H3. The molecule has 1 unspecified atom stereocenters. The number of nitrogens with zero attached hydrogens (tertiary/aromatic N) is 1. The van der Waals surface area contributed by atoms with Crippen LogP contribution in [-0.2, 0) is 14.3 Å². The summed E-state index contributed by atoms with van der Waals surface area (Å²) >= 11 is 0. The van der Waals surface area contributed by atoms with E-state index >= 15 is 0 Å². The van der Waals surface area contributed by atoms with Crippen molar-refractivity contribution in [2.45, 2.75) is 5.92 Å². The third kappa shape index (κ3) is 3.75. The van der Waals surface area contributed by atoms with Crippen molar-refractivity contribution in [1.82, 2.24) is 4.90 Å². The average Bonchev–Trinajstić information content (AvgIpc) is 2.38. The summed E-state index contributed by atoms with van der Waals surface area (Å²) in [6.07, 6.45) is 2.12. The van der Waals surface area contributed by atoms with E-state index in [1.54, 1.807) is 0 Å². The third-order valence-corrected chi connectivity index (χ3v) is 2.24. The third-order valence-electron chi connectivity index (χ3n) is 2.24. The summed E-state index contributed by atoms with van der Waals surface area (Å²) in [5, 5.41) is 0. The highest BCUT2D eigenvalue weighted by molar-refractivity contribution is 5.80. The van der Waals surface area contributed by atoms with Gasteiger partial charge >= 0.3 is 5.97 Å². The first-order chi connectivity index (χ1) is 8.19. The summed E-state index contributed by atoms with van der Waals surface area (Å²) in [5.41, 5.74) is 0.821. The number of esters is 1. The van der Waals surface area contributed by atoms with E-state index in [1.807, 2.05) is 30.3 Å². The van der Waals surface area contributed by atoms with Crippen molar-refractivity contribution in [1.29, 1.82) is 0 Å². The molecule has 0 radical (unpaired) electrons. The van der Waals surface area contributed by atoms with Crippen molar-refractivity contribution in [3.05, 3.63) is 48.6 Å². The van der Waals surface area contributed by atoms with Crippen LogP contribution >= 0.6 is 0 Å². The molecule has 4 nitrogen and oxygen atoms in total. The summed E-state index contributed by atoms with van der Waals surface area (Å²) in [5.74, 6) is -0.920. The number of amides is 1. The molecule has 4 heteroatoms. The van der Waals surface area contributed by atoms with E-state index in [0.29, 0.717) is 6.41 Å². The van der Waals surface area contributed by atoms with Crippen LogP contribution in [0.15, 0.2) is 43.0 Å². The Morgan fingerprint density at radius 3 is 2.65 bits per heavy atom. The van der Waals surface area contributed by atoms with Crippen LogP contribution in [-0.4, -0.2) is 31.1 Å². The maximum atomic E-state index is 11.8. The van der Waals surface area contributed by atoms with E-state index in [9.17, 15) is 9.59 Å². The molecule has 0 bridgehead atoms. The summed E-state index contributed by atoms with van der Waals surface area (Å²) in [6.45, 7) is 3.57. The van der Waals surface area contributed by atoms with E-state index in [4.69, 9.17) is 4.74 Å². The molecule has 1 atom stereocenters. The molecule has 0 aliphatic rings. The molecule has 0 saturated carbocycles. The lowest BCUT2D eigenvalue weighted by Gasteiger charge is -2.15. The van der Waals surface area contributed by atoms with Crippen LogP contribution in [0, 0.1) is 0 Å². The topological polar surface area (TPSA) is 46.6 Å². The Kier molecular flexibility index (Phi) is 4.94. The van der Waals surface area contributed by atoms with Gasteiger partial charge in [-0.05, 0) is 5.56 Å².